The lowest BCUT2D eigenvalue weighted by atomic mass is 9.79. The zero-order valence-corrected chi connectivity index (χ0v) is 13.1. The van der Waals surface area contributed by atoms with Crippen molar-refractivity contribution < 1.29 is 5.11 Å². The molecule has 0 spiro atoms. The van der Waals surface area contributed by atoms with E-state index in [9.17, 15) is 5.11 Å². The van der Waals surface area contributed by atoms with Gasteiger partial charge >= 0.3 is 0 Å². The molecule has 0 aliphatic carbocycles. The van der Waals surface area contributed by atoms with Gasteiger partial charge in [-0.25, -0.2) is 4.85 Å². The van der Waals surface area contributed by atoms with Gasteiger partial charge in [0, 0.05) is 22.4 Å². The van der Waals surface area contributed by atoms with Crippen molar-refractivity contribution in [1.29, 1.82) is 0 Å². The van der Waals surface area contributed by atoms with Gasteiger partial charge < -0.3 is 10.4 Å². The first kappa shape index (κ1) is 15.2. The minimum absolute atomic E-state index is 0.150. The highest BCUT2D eigenvalue weighted by molar-refractivity contribution is 7.99. The number of hydrogen-bond donors (Lipinski definition) is 2. The second kappa shape index (κ2) is 6.07. The quantitative estimate of drug-likeness (QED) is 0.815. The minimum Gasteiger partial charge on any atom is -0.396 e. The van der Waals surface area contributed by atoms with E-state index in [-0.39, 0.29) is 18.1 Å². The Labute approximate surface area is 125 Å². The molecule has 1 aromatic carbocycles. The van der Waals surface area contributed by atoms with Crippen LogP contribution in [0.3, 0.4) is 0 Å². The van der Waals surface area contributed by atoms with Crippen molar-refractivity contribution in [1.82, 2.24) is 0 Å². The molecule has 3 nitrogen and oxygen atoms in total. The molecule has 1 heterocycles. The Kier molecular flexibility index (Phi) is 4.62. The highest BCUT2D eigenvalue weighted by Gasteiger charge is 2.35. The summed E-state index contributed by atoms with van der Waals surface area (Å²) >= 11 is 1.92. The summed E-state index contributed by atoms with van der Waals surface area (Å²) in [5, 5.41) is 13.6. The molecule has 1 aliphatic heterocycles. The van der Waals surface area contributed by atoms with Crippen LogP contribution in [0.2, 0.25) is 0 Å². The Morgan fingerprint density at radius 1 is 1.50 bits per heavy atom. The molecule has 2 N–H and O–H groups in total. The van der Waals surface area contributed by atoms with Gasteiger partial charge in [0.05, 0.1) is 13.2 Å². The van der Waals surface area contributed by atoms with E-state index in [1.54, 1.807) is 0 Å². The number of nitrogens with zero attached hydrogens (tertiary/aromatic N) is 1. The molecule has 0 aromatic heterocycles. The molecular formula is C16H22N2OS. The summed E-state index contributed by atoms with van der Waals surface area (Å²) in [6.07, 6.45) is 0.987. The third-order valence-electron chi connectivity index (χ3n) is 4.01. The van der Waals surface area contributed by atoms with E-state index < -0.39 is 0 Å². The molecule has 2 rings (SSSR count). The number of fused-ring (bicyclic) bond motifs is 1. The van der Waals surface area contributed by atoms with Gasteiger partial charge in [-0.2, -0.15) is 11.8 Å². The summed E-state index contributed by atoms with van der Waals surface area (Å²) in [6, 6.07) is 6.12. The highest BCUT2D eigenvalue weighted by Crippen LogP contribution is 2.46. The van der Waals surface area contributed by atoms with Gasteiger partial charge in [-0.1, -0.05) is 32.9 Å². The van der Waals surface area contributed by atoms with Crippen molar-refractivity contribution in [3.63, 3.8) is 0 Å². The molecule has 0 fully saturated rings. The summed E-state index contributed by atoms with van der Waals surface area (Å²) in [7, 11) is 0. The van der Waals surface area contributed by atoms with Crippen LogP contribution in [-0.2, 0) is 0 Å². The van der Waals surface area contributed by atoms with E-state index >= 15 is 0 Å². The predicted molar refractivity (Wildman–Crippen MR) is 86.5 cm³/mol. The fourth-order valence-electron chi connectivity index (χ4n) is 2.59. The first-order chi connectivity index (χ1) is 9.51. The SMILES string of the molecule is [C-]#[N+]c1ccc2c(c1)C(SCC)CC(C(C)(C)CO)N2. The lowest BCUT2D eigenvalue weighted by Crippen LogP contribution is -2.42. The van der Waals surface area contributed by atoms with Crippen LogP contribution in [0, 0.1) is 12.0 Å². The molecule has 4 heteroatoms. The topological polar surface area (TPSA) is 36.6 Å². The van der Waals surface area contributed by atoms with Gasteiger partial charge in [-0.15, -0.1) is 0 Å². The van der Waals surface area contributed by atoms with E-state index in [1.165, 1.54) is 5.56 Å². The average Bonchev–Trinajstić information content (AvgIpc) is 2.46. The predicted octanol–water partition coefficient (Wildman–Crippen LogP) is 4.23. The maximum atomic E-state index is 9.61. The molecule has 2 atom stereocenters. The maximum Gasteiger partial charge on any atom is 0.187 e. The summed E-state index contributed by atoms with van der Waals surface area (Å²) in [5.41, 5.74) is 2.89. The number of benzene rings is 1. The Hall–Kier alpha value is -1.18. The Morgan fingerprint density at radius 2 is 2.25 bits per heavy atom. The lowest BCUT2D eigenvalue weighted by Gasteiger charge is -2.41. The molecule has 0 bridgehead atoms. The van der Waals surface area contributed by atoms with E-state index in [4.69, 9.17) is 6.57 Å². The Bertz CT molecular complexity index is 522. The Balaban J connectivity index is 2.36. The third-order valence-corrected chi connectivity index (χ3v) is 5.19. The van der Waals surface area contributed by atoms with Gasteiger partial charge in [0.15, 0.2) is 5.69 Å². The molecule has 1 aromatic rings. The van der Waals surface area contributed by atoms with E-state index in [1.807, 2.05) is 30.0 Å². The largest absolute Gasteiger partial charge is 0.396 e. The molecule has 0 amide bonds. The fourth-order valence-corrected chi connectivity index (χ4v) is 3.69. The average molecular weight is 290 g/mol. The lowest BCUT2D eigenvalue weighted by molar-refractivity contribution is 0.134. The van der Waals surface area contributed by atoms with Crippen LogP contribution in [0.1, 0.15) is 38.0 Å². The van der Waals surface area contributed by atoms with Crippen LogP contribution < -0.4 is 5.32 Å². The third kappa shape index (κ3) is 2.94. The number of rotatable bonds is 4. The van der Waals surface area contributed by atoms with E-state index in [0.717, 1.165) is 17.9 Å². The summed E-state index contributed by atoms with van der Waals surface area (Å²) in [4.78, 5) is 3.53. The van der Waals surface area contributed by atoms with E-state index in [2.05, 4.69) is 30.9 Å². The second-order valence-corrected chi connectivity index (χ2v) is 7.39. The summed E-state index contributed by atoms with van der Waals surface area (Å²) < 4.78 is 0. The van der Waals surface area contributed by atoms with Gasteiger partial charge in [-0.3, -0.25) is 0 Å². The Morgan fingerprint density at radius 3 is 2.85 bits per heavy atom. The monoisotopic (exact) mass is 290 g/mol. The van der Waals surface area contributed by atoms with Crippen molar-refractivity contribution >= 4 is 23.1 Å². The number of thioether (sulfide) groups is 1. The molecule has 108 valence electrons. The van der Waals surface area contributed by atoms with Gasteiger partial charge in [0.2, 0.25) is 0 Å². The smallest absolute Gasteiger partial charge is 0.187 e. The molecule has 20 heavy (non-hydrogen) atoms. The zero-order chi connectivity index (χ0) is 14.8. The normalized spacial score (nSPS) is 21.8. The van der Waals surface area contributed by atoms with Crippen LogP contribution in [0.4, 0.5) is 11.4 Å². The van der Waals surface area contributed by atoms with Crippen LogP contribution >= 0.6 is 11.8 Å². The minimum atomic E-state index is -0.150. The molecular weight excluding hydrogens is 268 g/mol. The summed E-state index contributed by atoms with van der Waals surface area (Å²) in [5.74, 6) is 1.05. The van der Waals surface area contributed by atoms with Gasteiger partial charge in [-0.05, 0) is 23.8 Å². The fraction of sp³-hybridized carbons (Fsp3) is 0.562. The first-order valence-electron chi connectivity index (χ1n) is 7.02. The van der Waals surface area contributed by atoms with Crippen molar-refractivity contribution in [2.75, 3.05) is 17.7 Å². The number of aliphatic hydroxyl groups excluding tert-OH is 1. The van der Waals surface area contributed by atoms with Crippen molar-refractivity contribution in [3.05, 3.63) is 35.2 Å². The first-order valence-corrected chi connectivity index (χ1v) is 8.07. The van der Waals surface area contributed by atoms with Gasteiger partial charge in [0.1, 0.15) is 0 Å². The highest BCUT2D eigenvalue weighted by atomic mass is 32.2. The molecule has 1 aliphatic rings. The molecule has 0 saturated heterocycles. The van der Waals surface area contributed by atoms with Crippen molar-refractivity contribution in [2.24, 2.45) is 5.41 Å². The van der Waals surface area contributed by atoms with Crippen LogP contribution in [0.25, 0.3) is 4.85 Å². The second-order valence-electron chi connectivity index (χ2n) is 5.91. The van der Waals surface area contributed by atoms with Crippen LogP contribution in [-0.4, -0.2) is 23.5 Å². The van der Waals surface area contributed by atoms with Crippen LogP contribution in [0.5, 0.6) is 0 Å². The zero-order valence-electron chi connectivity index (χ0n) is 12.3. The van der Waals surface area contributed by atoms with Gasteiger partial charge in [0.25, 0.3) is 0 Å². The molecule has 0 radical (unpaired) electrons. The van der Waals surface area contributed by atoms with E-state index in [0.29, 0.717) is 10.9 Å². The summed E-state index contributed by atoms with van der Waals surface area (Å²) in [6.45, 7) is 13.7. The van der Waals surface area contributed by atoms with Crippen molar-refractivity contribution in [3.8, 4) is 0 Å². The number of aliphatic hydroxyl groups is 1. The standard InChI is InChI=1S/C16H22N2OS/c1-5-20-14-9-15(16(2,3)10-19)18-13-7-6-11(17-4)8-12(13)14/h6-8,14-15,18-19H,5,9-10H2,1-3H3. The number of nitrogens with one attached hydrogen (secondary N) is 1. The maximum absolute atomic E-state index is 9.61. The molecule has 0 saturated carbocycles. The number of anilines is 1. The van der Waals surface area contributed by atoms with Crippen LogP contribution in [0.15, 0.2) is 18.2 Å². The van der Waals surface area contributed by atoms with Crippen molar-refractivity contribution in [2.45, 2.75) is 38.5 Å². The molecule has 2 unspecified atom stereocenters. The number of hydrogen-bond acceptors (Lipinski definition) is 3.